The van der Waals surface area contributed by atoms with Gasteiger partial charge in [-0.25, -0.2) is 4.79 Å². The van der Waals surface area contributed by atoms with Crippen LogP contribution in [-0.2, 0) is 19.1 Å². The van der Waals surface area contributed by atoms with Gasteiger partial charge in [-0.1, -0.05) is 36.4 Å². The zero-order chi connectivity index (χ0) is 25.5. The van der Waals surface area contributed by atoms with Gasteiger partial charge in [0.1, 0.15) is 0 Å². The molecular weight excluding hydrogens is 547 g/mol. The highest BCUT2D eigenvalue weighted by Crippen LogP contribution is 2.30. The van der Waals surface area contributed by atoms with E-state index in [-0.39, 0.29) is 35.0 Å². The number of carbonyl (C=O) groups is 2. The molecule has 0 aliphatic rings. The van der Waals surface area contributed by atoms with Crippen LogP contribution in [-0.4, -0.2) is 11.8 Å². The van der Waals surface area contributed by atoms with Crippen LogP contribution in [0.4, 0.5) is 29.3 Å². The third kappa shape index (κ3) is 8.01. The Bertz CT molecular complexity index is 1340. The van der Waals surface area contributed by atoms with Gasteiger partial charge in [-0.15, -0.1) is 0 Å². The molecule has 37 heavy (non-hydrogen) atoms. The van der Waals surface area contributed by atoms with Crippen molar-refractivity contribution in [2.24, 2.45) is 0 Å². The summed E-state index contributed by atoms with van der Waals surface area (Å²) in [6, 6.07) is 24.0. The normalized spacial score (nSPS) is 10.8. The zero-order valence-electron chi connectivity index (χ0n) is 19.5. The predicted molar refractivity (Wildman–Crippen MR) is 131 cm³/mol. The summed E-state index contributed by atoms with van der Waals surface area (Å²) in [6.07, 6.45) is 0.0406. The number of hydrogen-bond donors (Lipinski definition) is 2. The second kappa shape index (κ2) is 12.3. The molecule has 4 rings (SSSR count). The summed E-state index contributed by atoms with van der Waals surface area (Å²) in [4.78, 5) is 24.8. The first kappa shape index (κ1) is 27.6. The van der Waals surface area contributed by atoms with Crippen LogP contribution < -0.4 is 32.2 Å². The van der Waals surface area contributed by atoms with E-state index >= 15 is 0 Å². The van der Waals surface area contributed by atoms with Crippen LogP contribution >= 0.6 is 0 Å². The van der Waals surface area contributed by atoms with Crippen LogP contribution in [0.3, 0.4) is 0 Å². The van der Waals surface area contributed by atoms with Gasteiger partial charge in [0.2, 0.25) is 12.3 Å². The number of ketones is 1. The number of halogens is 4. The lowest BCUT2D eigenvalue weighted by Gasteiger charge is -2.11. The monoisotopic (exact) mass is 569 g/mol. The number of hydrogen-bond acceptors (Lipinski definition) is 2. The lowest BCUT2D eigenvalue weighted by Crippen LogP contribution is -3.00. The number of carbonyl (C=O) groups excluding carboxylic acids is 2. The first-order chi connectivity index (χ1) is 17.3. The van der Waals surface area contributed by atoms with Crippen molar-refractivity contribution < 1.29 is 44.3 Å². The van der Waals surface area contributed by atoms with Gasteiger partial charge in [-0.2, -0.15) is 17.7 Å². The van der Waals surface area contributed by atoms with Gasteiger partial charge in [0, 0.05) is 29.1 Å². The number of pyridine rings is 1. The highest BCUT2D eigenvalue weighted by Gasteiger charge is 2.30. The second-order valence-corrected chi connectivity index (χ2v) is 8.20. The van der Waals surface area contributed by atoms with Crippen molar-refractivity contribution in [1.29, 1.82) is 0 Å². The van der Waals surface area contributed by atoms with E-state index in [1.807, 2.05) is 42.7 Å². The standard InChI is InChI=1S/C28H22F3N3O2.BrH/c29-28(30,31)23-7-4-8-25(18-23)33-27(36)32-24-11-9-22(10-12-24)26(35)19-34-15-13-21(14-16-34)17-20-5-2-1-3-6-20;/h1-16,18H,17,19H2,(H-,32,33,35,36);1H. The molecule has 0 aliphatic heterocycles. The van der Waals surface area contributed by atoms with Crippen LogP contribution in [0.2, 0.25) is 0 Å². The number of rotatable bonds is 7. The van der Waals surface area contributed by atoms with E-state index in [0.717, 1.165) is 24.1 Å². The number of amides is 2. The van der Waals surface area contributed by atoms with Crippen LogP contribution in [0.25, 0.3) is 0 Å². The molecule has 0 fully saturated rings. The van der Waals surface area contributed by atoms with Gasteiger partial charge in [0.15, 0.2) is 12.4 Å². The summed E-state index contributed by atoms with van der Waals surface area (Å²) in [7, 11) is 0. The summed E-state index contributed by atoms with van der Waals surface area (Å²) in [5, 5.41) is 4.92. The number of nitrogens with zero attached hydrogens (tertiary/aromatic N) is 1. The fraction of sp³-hybridized carbons (Fsp3) is 0.107. The summed E-state index contributed by atoms with van der Waals surface area (Å²) in [5.74, 6) is -0.101. The molecule has 1 aromatic heterocycles. The van der Waals surface area contributed by atoms with Crippen molar-refractivity contribution in [3.8, 4) is 0 Å². The van der Waals surface area contributed by atoms with E-state index in [9.17, 15) is 22.8 Å². The number of benzene rings is 3. The van der Waals surface area contributed by atoms with E-state index in [0.29, 0.717) is 11.3 Å². The molecule has 0 saturated heterocycles. The predicted octanol–water partition coefficient (Wildman–Crippen LogP) is 3.11. The van der Waals surface area contributed by atoms with Gasteiger partial charge in [-0.3, -0.25) is 4.79 Å². The molecule has 0 bridgehead atoms. The van der Waals surface area contributed by atoms with Crippen molar-refractivity contribution in [3.05, 3.63) is 126 Å². The molecule has 0 aliphatic carbocycles. The Hall–Kier alpha value is -3.98. The lowest BCUT2D eigenvalue weighted by molar-refractivity contribution is -0.683. The molecular formula is C28H23BrF3N3O2. The summed E-state index contributed by atoms with van der Waals surface area (Å²) >= 11 is 0. The Morgan fingerprint density at radius 3 is 2.00 bits per heavy atom. The third-order valence-electron chi connectivity index (χ3n) is 5.45. The van der Waals surface area contributed by atoms with Crippen LogP contribution in [0, 0.1) is 0 Å². The maximum absolute atomic E-state index is 12.8. The number of urea groups is 1. The number of Topliss-reactive ketones (excluding diaryl/α,β-unsaturated/α-hetero) is 1. The van der Waals surface area contributed by atoms with Gasteiger partial charge in [0.25, 0.3) is 0 Å². The first-order valence-corrected chi connectivity index (χ1v) is 11.2. The zero-order valence-corrected chi connectivity index (χ0v) is 21.1. The molecule has 5 nitrogen and oxygen atoms in total. The van der Waals surface area contributed by atoms with Gasteiger partial charge < -0.3 is 27.6 Å². The summed E-state index contributed by atoms with van der Waals surface area (Å²) in [6.45, 7) is 0.161. The molecule has 4 aromatic rings. The maximum Gasteiger partial charge on any atom is 0.416 e. The van der Waals surface area contributed by atoms with Crippen molar-refractivity contribution >= 4 is 23.2 Å². The maximum atomic E-state index is 12.8. The minimum atomic E-state index is -4.50. The molecule has 0 radical (unpaired) electrons. The summed E-state index contributed by atoms with van der Waals surface area (Å²) < 4.78 is 40.3. The van der Waals surface area contributed by atoms with E-state index in [1.54, 1.807) is 28.8 Å². The Morgan fingerprint density at radius 1 is 0.730 bits per heavy atom. The Balaban J connectivity index is 0.00000380. The largest absolute Gasteiger partial charge is 1.00 e. The molecule has 0 spiro atoms. The molecule has 9 heteroatoms. The highest BCUT2D eigenvalue weighted by atomic mass is 79.9. The van der Waals surface area contributed by atoms with E-state index in [1.165, 1.54) is 17.7 Å². The summed E-state index contributed by atoms with van der Waals surface area (Å²) in [5.41, 5.74) is 2.38. The lowest BCUT2D eigenvalue weighted by atomic mass is 10.1. The Kier molecular flexibility index (Phi) is 9.19. The van der Waals surface area contributed by atoms with Gasteiger partial charge in [-0.05, 0) is 60.0 Å². The SMILES string of the molecule is O=C(Nc1ccc(C(=O)C[n+]2ccc(Cc3ccccc3)cc2)cc1)Nc1cccc(C(F)(F)F)c1.[Br-]. The molecule has 2 N–H and O–H groups in total. The average molecular weight is 570 g/mol. The minimum absolute atomic E-state index is 0. The molecule has 0 saturated carbocycles. The van der Waals surface area contributed by atoms with Crippen LogP contribution in [0.5, 0.6) is 0 Å². The van der Waals surface area contributed by atoms with Crippen LogP contribution in [0.15, 0.2) is 103 Å². The van der Waals surface area contributed by atoms with Gasteiger partial charge >= 0.3 is 12.2 Å². The molecule has 3 aromatic carbocycles. The second-order valence-electron chi connectivity index (χ2n) is 8.20. The molecule has 190 valence electrons. The number of aromatic nitrogens is 1. The third-order valence-corrected chi connectivity index (χ3v) is 5.45. The number of nitrogens with one attached hydrogen (secondary N) is 2. The molecule has 2 amide bonds. The topological polar surface area (TPSA) is 62.1 Å². The molecule has 0 atom stereocenters. The Labute approximate surface area is 222 Å². The minimum Gasteiger partial charge on any atom is -1.00 e. The smallest absolute Gasteiger partial charge is 0.416 e. The number of alkyl halides is 3. The van der Waals surface area contributed by atoms with Gasteiger partial charge in [0.05, 0.1) is 5.56 Å². The van der Waals surface area contributed by atoms with Crippen molar-refractivity contribution in [2.75, 3.05) is 10.6 Å². The van der Waals surface area contributed by atoms with Crippen molar-refractivity contribution in [2.45, 2.75) is 19.1 Å². The van der Waals surface area contributed by atoms with E-state index < -0.39 is 17.8 Å². The van der Waals surface area contributed by atoms with Crippen LogP contribution in [0.1, 0.15) is 27.0 Å². The highest BCUT2D eigenvalue weighted by molar-refractivity contribution is 6.00. The molecule has 1 heterocycles. The molecule has 0 unspecified atom stereocenters. The van der Waals surface area contributed by atoms with Crippen molar-refractivity contribution in [3.63, 3.8) is 0 Å². The van der Waals surface area contributed by atoms with E-state index in [4.69, 9.17) is 0 Å². The van der Waals surface area contributed by atoms with Crippen molar-refractivity contribution in [1.82, 2.24) is 0 Å². The fourth-order valence-corrected chi connectivity index (χ4v) is 3.61. The Morgan fingerprint density at radius 2 is 1.35 bits per heavy atom. The quantitative estimate of drug-likeness (QED) is 0.265. The first-order valence-electron chi connectivity index (χ1n) is 11.2. The average Bonchev–Trinajstić information content (AvgIpc) is 2.86. The number of anilines is 2. The van der Waals surface area contributed by atoms with E-state index in [2.05, 4.69) is 22.8 Å². The fourth-order valence-electron chi connectivity index (χ4n) is 3.61.